The summed E-state index contributed by atoms with van der Waals surface area (Å²) in [7, 11) is 0. The summed E-state index contributed by atoms with van der Waals surface area (Å²) in [5.41, 5.74) is 4.14. The first kappa shape index (κ1) is 18.0. The van der Waals surface area contributed by atoms with Gasteiger partial charge >= 0.3 is 0 Å². The van der Waals surface area contributed by atoms with Crippen molar-refractivity contribution >= 4 is 0 Å². The molecule has 0 aliphatic carbocycles. The third-order valence-corrected chi connectivity index (χ3v) is 5.42. The van der Waals surface area contributed by atoms with Crippen LogP contribution in [0.15, 0.2) is 73.1 Å². The summed E-state index contributed by atoms with van der Waals surface area (Å²) >= 11 is 0. The van der Waals surface area contributed by atoms with Gasteiger partial charge < -0.3 is 10.2 Å². The Hall–Kier alpha value is -2.43. The number of rotatable bonds is 8. The number of hydrogen-bond donors (Lipinski definition) is 1. The third kappa shape index (κ3) is 5.06. The minimum absolute atomic E-state index is 0.582. The Balaban J connectivity index is 1.26. The van der Waals surface area contributed by atoms with Gasteiger partial charge in [-0.2, -0.15) is 5.10 Å². The summed E-state index contributed by atoms with van der Waals surface area (Å²) in [6.07, 6.45) is 6.23. The predicted octanol–water partition coefficient (Wildman–Crippen LogP) is 3.34. The fourth-order valence-electron chi connectivity index (χ4n) is 3.84. The van der Waals surface area contributed by atoms with E-state index in [-0.39, 0.29) is 0 Å². The van der Waals surface area contributed by atoms with Gasteiger partial charge in [0.2, 0.25) is 0 Å². The van der Waals surface area contributed by atoms with Gasteiger partial charge in [-0.15, -0.1) is 0 Å². The van der Waals surface area contributed by atoms with Crippen LogP contribution >= 0.6 is 0 Å². The quantitative estimate of drug-likeness (QED) is 0.669. The van der Waals surface area contributed by atoms with Crippen LogP contribution in [0.4, 0.5) is 0 Å². The molecule has 1 aliphatic heterocycles. The first-order valence-electron chi connectivity index (χ1n) is 9.91. The Morgan fingerprint density at radius 2 is 1.78 bits per heavy atom. The van der Waals surface area contributed by atoms with Crippen LogP contribution in [0, 0.1) is 0 Å². The summed E-state index contributed by atoms with van der Waals surface area (Å²) in [4.78, 5) is 2.58. The lowest BCUT2D eigenvalue weighted by atomic mass is 10.1. The second-order valence-electron chi connectivity index (χ2n) is 7.38. The zero-order valence-corrected chi connectivity index (χ0v) is 15.8. The molecular weight excluding hydrogens is 332 g/mol. The van der Waals surface area contributed by atoms with Crippen LogP contribution in [0.1, 0.15) is 23.1 Å². The van der Waals surface area contributed by atoms with E-state index in [2.05, 4.69) is 69.9 Å². The second-order valence-corrected chi connectivity index (χ2v) is 7.38. The van der Waals surface area contributed by atoms with E-state index in [4.69, 9.17) is 0 Å². The molecule has 1 saturated heterocycles. The molecule has 2 aromatic carbocycles. The molecule has 2 heterocycles. The Morgan fingerprint density at radius 3 is 2.59 bits per heavy atom. The Bertz CT molecular complexity index is 813. The van der Waals surface area contributed by atoms with Gasteiger partial charge in [0, 0.05) is 38.1 Å². The van der Waals surface area contributed by atoms with E-state index >= 15 is 0 Å². The topological polar surface area (TPSA) is 33.1 Å². The summed E-state index contributed by atoms with van der Waals surface area (Å²) in [5, 5.41) is 8.11. The number of benzene rings is 2. The Morgan fingerprint density at radius 1 is 0.963 bits per heavy atom. The molecule has 27 heavy (non-hydrogen) atoms. The van der Waals surface area contributed by atoms with Gasteiger partial charge in [0.05, 0.1) is 6.54 Å². The molecule has 1 atom stereocenters. The lowest BCUT2D eigenvalue weighted by Crippen LogP contribution is -2.33. The van der Waals surface area contributed by atoms with E-state index < -0.39 is 0 Å². The number of hydrogen-bond acceptors (Lipinski definition) is 3. The van der Waals surface area contributed by atoms with Gasteiger partial charge in [-0.1, -0.05) is 54.6 Å². The molecule has 0 unspecified atom stereocenters. The molecule has 4 rings (SSSR count). The maximum atomic E-state index is 4.34. The van der Waals surface area contributed by atoms with E-state index in [0.29, 0.717) is 6.04 Å². The molecule has 4 nitrogen and oxygen atoms in total. The zero-order valence-electron chi connectivity index (χ0n) is 15.8. The SMILES string of the molecule is c1ccc(CCN2CC[C@@H](NCc3ccccc3Cn3cccn3)C2)cc1. The van der Waals surface area contributed by atoms with E-state index in [1.807, 2.05) is 23.1 Å². The summed E-state index contributed by atoms with van der Waals surface area (Å²) < 4.78 is 1.99. The Labute approximate surface area is 161 Å². The average molecular weight is 361 g/mol. The van der Waals surface area contributed by atoms with Crippen molar-refractivity contribution < 1.29 is 0 Å². The van der Waals surface area contributed by atoms with Crippen molar-refractivity contribution in [1.82, 2.24) is 20.0 Å². The van der Waals surface area contributed by atoms with Gasteiger partial charge in [-0.25, -0.2) is 0 Å². The molecule has 0 amide bonds. The number of nitrogens with zero attached hydrogens (tertiary/aromatic N) is 3. The molecule has 140 valence electrons. The van der Waals surface area contributed by atoms with Crippen molar-refractivity contribution in [3.05, 3.63) is 89.7 Å². The van der Waals surface area contributed by atoms with Crippen LogP contribution in [0.3, 0.4) is 0 Å². The van der Waals surface area contributed by atoms with Crippen molar-refractivity contribution in [3.63, 3.8) is 0 Å². The van der Waals surface area contributed by atoms with E-state index in [9.17, 15) is 0 Å². The van der Waals surface area contributed by atoms with Crippen molar-refractivity contribution in [2.24, 2.45) is 0 Å². The predicted molar refractivity (Wildman–Crippen MR) is 110 cm³/mol. The highest BCUT2D eigenvalue weighted by atomic mass is 15.3. The average Bonchev–Trinajstić information content (AvgIpc) is 3.38. The molecule has 1 N–H and O–H groups in total. The van der Waals surface area contributed by atoms with Crippen LogP contribution in [0.5, 0.6) is 0 Å². The number of likely N-dealkylation sites (tertiary alicyclic amines) is 1. The fraction of sp³-hybridized carbons (Fsp3) is 0.348. The molecule has 3 aromatic rings. The van der Waals surface area contributed by atoms with Gasteiger partial charge in [0.25, 0.3) is 0 Å². The molecule has 0 saturated carbocycles. The van der Waals surface area contributed by atoms with E-state index in [1.165, 1.54) is 29.7 Å². The summed E-state index contributed by atoms with van der Waals surface area (Å²) in [6.45, 7) is 5.25. The first-order chi connectivity index (χ1) is 13.4. The standard InChI is InChI=1S/C23H28N4/c1-2-7-20(8-3-1)11-15-26-16-12-23(19-26)24-17-21-9-4-5-10-22(21)18-27-14-6-13-25-27/h1-10,13-14,23-24H,11-12,15-19H2/t23-/m1/s1. The van der Waals surface area contributed by atoms with Crippen LogP contribution in [-0.4, -0.2) is 40.4 Å². The smallest absolute Gasteiger partial charge is 0.0662 e. The second kappa shape index (κ2) is 8.98. The molecule has 0 bridgehead atoms. The third-order valence-electron chi connectivity index (χ3n) is 5.42. The summed E-state index contributed by atoms with van der Waals surface area (Å²) in [6, 6.07) is 22.0. The van der Waals surface area contributed by atoms with Gasteiger partial charge in [0.1, 0.15) is 0 Å². The van der Waals surface area contributed by atoms with E-state index in [0.717, 1.165) is 32.6 Å². The molecule has 1 aromatic heterocycles. The van der Waals surface area contributed by atoms with Crippen molar-refractivity contribution in [1.29, 1.82) is 0 Å². The van der Waals surface area contributed by atoms with Crippen molar-refractivity contribution in [2.45, 2.75) is 32.0 Å². The largest absolute Gasteiger partial charge is 0.309 e. The van der Waals surface area contributed by atoms with Gasteiger partial charge in [0.15, 0.2) is 0 Å². The fourth-order valence-corrected chi connectivity index (χ4v) is 3.84. The monoisotopic (exact) mass is 360 g/mol. The van der Waals surface area contributed by atoms with E-state index in [1.54, 1.807) is 0 Å². The molecule has 1 fully saturated rings. The maximum Gasteiger partial charge on any atom is 0.0662 e. The minimum atomic E-state index is 0.582. The lowest BCUT2D eigenvalue weighted by Gasteiger charge is -2.17. The zero-order chi connectivity index (χ0) is 18.3. The van der Waals surface area contributed by atoms with Crippen LogP contribution in [0.25, 0.3) is 0 Å². The highest BCUT2D eigenvalue weighted by molar-refractivity contribution is 5.27. The van der Waals surface area contributed by atoms with Crippen LogP contribution in [0.2, 0.25) is 0 Å². The first-order valence-corrected chi connectivity index (χ1v) is 9.91. The number of nitrogens with one attached hydrogen (secondary N) is 1. The lowest BCUT2D eigenvalue weighted by molar-refractivity contribution is 0.331. The minimum Gasteiger partial charge on any atom is -0.309 e. The number of aromatic nitrogens is 2. The molecule has 0 spiro atoms. The summed E-state index contributed by atoms with van der Waals surface area (Å²) in [5.74, 6) is 0. The molecule has 1 aliphatic rings. The van der Waals surface area contributed by atoms with Crippen LogP contribution < -0.4 is 5.32 Å². The van der Waals surface area contributed by atoms with Gasteiger partial charge in [-0.3, -0.25) is 4.68 Å². The van der Waals surface area contributed by atoms with Gasteiger partial charge in [-0.05, 0) is 42.1 Å². The Kier molecular flexibility index (Phi) is 5.97. The van der Waals surface area contributed by atoms with Crippen molar-refractivity contribution in [2.75, 3.05) is 19.6 Å². The normalized spacial score (nSPS) is 17.4. The molecule has 4 heteroatoms. The maximum absolute atomic E-state index is 4.34. The highest BCUT2D eigenvalue weighted by Gasteiger charge is 2.21. The van der Waals surface area contributed by atoms with Crippen molar-refractivity contribution in [3.8, 4) is 0 Å². The van der Waals surface area contributed by atoms with Crippen LogP contribution in [-0.2, 0) is 19.5 Å². The molecular formula is C23H28N4. The highest BCUT2D eigenvalue weighted by Crippen LogP contribution is 2.14. The molecule has 0 radical (unpaired) electrons.